The van der Waals surface area contributed by atoms with Crippen LogP contribution in [0.4, 0.5) is 4.79 Å². The number of thiophene rings is 1. The molecule has 1 amide bonds. The molecular weight excluding hydrogens is 284 g/mol. The Bertz CT molecular complexity index is 467. The molecule has 4 nitrogen and oxygen atoms in total. The van der Waals surface area contributed by atoms with Crippen molar-refractivity contribution in [1.82, 2.24) is 5.32 Å². The van der Waals surface area contributed by atoms with Gasteiger partial charge in [-0.15, -0.1) is 11.3 Å². The molecule has 5 heteroatoms. The summed E-state index contributed by atoms with van der Waals surface area (Å²) in [4.78, 5) is 14.5. The Kier molecular flexibility index (Phi) is 5.27. The van der Waals surface area contributed by atoms with Gasteiger partial charge >= 0.3 is 6.09 Å². The van der Waals surface area contributed by atoms with E-state index in [9.17, 15) is 4.79 Å². The molecule has 0 aliphatic heterocycles. The Morgan fingerprint density at radius 1 is 1.43 bits per heavy atom. The van der Waals surface area contributed by atoms with Crippen LogP contribution in [-0.4, -0.2) is 24.8 Å². The minimum atomic E-state index is -0.468. The Morgan fingerprint density at radius 2 is 2.14 bits per heavy atom. The molecule has 1 aromatic heterocycles. The molecule has 1 unspecified atom stereocenters. The molecule has 1 atom stereocenters. The summed E-state index contributed by atoms with van der Waals surface area (Å²) in [5.41, 5.74) is 6.91. The number of carbonyl (C=O) groups is 1. The lowest BCUT2D eigenvalue weighted by Crippen LogP contribution is -2.36. The van der Waals surface area contributed by atoms with Crippen molar-refractivity contribution < 1.29 is 9.53 Å². The highest BCUT2D eigenvalue weighted by molar-refractivity contribution is 7.12. The van der Waals surface area contributed by atoms with Crippen molar-refractivity contribution in [3.63, 3.8) is 0 Å². The van der Waals surface area contributed by atoms with E-state index in [4.69, 9.17) is 10.5 Å². The molecule has 3 N–H and O–H groups in total. The number of aryl methyl sites for hydroxylation is 2. The zero-order chi connectivity index (χ0) is 15.5. The monoisotopic (exact) mass is 310 g/mol. The topological polar surface area (TPSA) is 64.3 Å². The first-order valence-corrected chi connectivity index (χ1v) is 8.49. The van der Waals surface area contributed by atoms with E-state index >= 15 is 0 Å². The summed E-state index contributed by atoms with van der Waals surface area (Å²) in [6.07, 6.45) is 4.57. The lowest BCUT2D eigenvalue weighted by atomic mass is 9.98. The molecule has 0 saturated carbocycles. The van der Waals surface area contributed by atoms with Crippen LogP contribution < -0.4 is 11.1 Å². The third kappa shape index (κ3) is 4.71. The number of nitrogens with one attached hydrogen (secondary N) is 1. The van der Waals surface area contributed by atoms with Crippen molar-refractivity contribution >= 4 is 17.4 Å². The Balaban J connectivity index is 1.94. The van der Waals surface area contributed by atoms with E-state index in [1.54, 1.807) is 0 Å². The van der Waals surface area contributed by atoms with Crippen molar-refractivity contribution in [1.29, 1.82) is 0 Å². The highest BCUT2D eigenvalue weighted by Gasteiger charge is 2.21. The summed E-state index contributed by atoms with van der Waals surface area (Å²) < 4.78 is 5.26. The van der Waals surface area contributed by atoms with E-state index in [1.807, 2.05) is 32.1 Å². The molecule has 0 aromatic carbocycles. The summed E-state index contributed by atoms with van der Waals surface area (Å²) in [6, 6.07) is 2.29. The van der Waals surface area contributed by atoms with Crippen molar-refractivity contribution in [2.45, 2.75) is 58.0 Å². The number of ether oxygens (including phenoxy) is 1. The summed E-state index contributed by atoms with van der Waals surface area (Å²) in [6.45, 7) is 6.65. The summed E-state index contributed by atoms with van der Waals surface area (Å²) in [5.74, 6) is 0.174. The molecule has 0 fully saturated rings. The van der Waals surface area contributed by atoms with Gasteiger partial charge in [0, 0.05) is 28.8 Å². The van der Waals surface area contributed by atoms with Gasteiger partial charge in [0.2, 0.25) is 0 Å². The lowest BCUT2D eigenvalue weighted by Gasteiger charge is -2.21. The van der Waals surface area contributed by atoms with Crippen LogP contribution in [0.25, 0.3) is 0 Å². The number of hydrogen-bond donors (Lipinski definition) is 2. The van der Waals surface area contributed by atoms with Crippen LogP contribution in [0.3, 0.4) is 0 Å². The molecule has 0 spiro atoms. The normalized spacial score (nSPS) is 16.2. The first kappa shape index (κ1) is 16.3. The minimum absolute atomic E-state index is 0.174. The third-order valence-electron chi connectivity index (χ3n) is 3.59. The Hall–Kier alpha value is -1.07. The van der Waals surface area contributed by atoms with Crippen LogP contribution in [0.15, 0.2) is 6.07 Å². The average molecular weight is 310 g/mol. The van der Waals surface area contributed by atoms with E-state index in [1.165, 1.54) is 41.0 Å². The quantitative estimate of drug-likeness (QED) is 0.897. The second kappa shape index (κ2) is 6.79. The average Bonchev–Trinajstić information content (AvgIpc) is 2.80. The maximum atomic E-state index is 11.7. The molecule has 0 radical (unpaired) electrons. The molecule has 118 valence electrons. The van der Waals surface area contributed by atoms with Crippen LogP contribution in [-0.2, 0) is 17.6 Å². The van der Waals surface area contributed by atoms with Crippen LogP contribution in [0.1, 0.15) is 54.8 Å². The molecule has 0 bridgehead atoms. The number of carbonyl (C=O) groups excluding carboxylic acids is 1. The molecule has 0 saturated heterocycles. The van der Waals surface area contributed by atoms with E-state index < -0.39 is 5.60 Å². The van der Waals surface area contributed by atoms with Gasteiger partial charge in [0.1, 0.15) is 5.60 Å². The van der Waals surface area contributed by atoms with Gasteiger partial charge in [0.15, 0.2) is 0 Å². The third-order valence-corrected chi connectivity index (χ3v) is 4.99. The Labute approximate surface area is 131 Å². The molecule has 1 aromatic rings. The summed E-state index contributed by atoms with van der Waals surface area (Å²) in [7, 11) is 0. The molecule has 2 rings (SSSR count). The van der Waals surface area contributed by atoms with Gasteiger partial charge < -0.3 is 15.8 Å². The highest BCUT2D eigenvalue weighted by atomic mass is 32.1. The highest BCUT2D eigenvalue weighted by Crippen LogP contribution is 2.33. The van der Waals surface area contributed by atoms with Crippen molar-refractivity contribution in [3.8, 4) is 0 Å². The fourth-order valence-electron chi connectivity index (χ4n) is 2.54. The summed E-state index contributed by atoms with van der Waals surface area (Å²) >= 11 is 1.86. The van der Waals surface area contributed by atoms with E-state index in [-0.39, 0.29) is 12.0 Å². The SMILES string of the molecule is CC(C)(C)OC(=O)NCC(CN)c1cc2c(s1)CCCC2. The van der Waals surface area contributed by atoms with E-state index in [0.29, 0.717) is 13.1 Å². The van der Waals surface area contributed by atoms with Gasteiger partial charge in [0.25, 0.3) is 0 Å². The van der Waals surface area contributed by atoms with Gasteiger partial charge in [-0.1, -0.05) is 0 Å². The molecule has 21 heavy (non-hydrogen) atoms. The number of hydrogen-bond acceptors (Lipinski definition) is 4. The van der Waals surface area contributed by atoms with Crippen molar-refractivity contribution in [3.05, 3.63) is 21.4 Å². The zero-order valence-corrected chi connectivity index (χ0v) is 14.0. The van der Waals surface area contributed by atoms with Gasteiger partial charge in [-0.25, -0.2) is 4.79 Å². The van der Waals surface area contributed by atoms with Gasteiger partial charge in [-0.3, -0.25) is 0 Å². The number of rotatable bonds is 4. The molecule has 1 heterocycles. The standard InChI is InChI=1S/C16H26N2O2S/c1-16(2,3)20-15(19)18-10-12(9-17)14-8-11-6-4-5-7-13(11)21-14/h8,12H,4-7,9-10,17H2,1-3H3,(H,18,19). The molecule has 1 aliphatic carbocycles. The van der Waals surface area contributed by atoms with Gasteiger partial charge in [0.05, 0.1) is 0 Å². The van der Waals surface area contributed by atoms with Gasteiger partial charge in [-0.2, -0.15) is 0 Å². The summed E-state index contributed by atoms with van der Waals surface area (Å²) in [5, 5.41) is 2.83. The fourth-order valence-corrected chi connectivity index (χ4v) is 3.91. The first-order valence-electron chi connectivity index (χ1n) is 7.67. The lowest BCUT2D eigenvalue weighted by molar-refractivity contribution is 0.0525. The van der Waals surface area contributed by atoms with Crippen LogP contribution >= 0.6 is 11.3 Å². The maximum Gasteiger partial charge on any atom is 0.407 e. The van der Waals surface area contributed by atoms with E-state index in [2.05, 4.69) is 11.4 Å². The first-order chi connectivity index (χ1) is 9.89. The minimum Gasteiger partial charge on any atom is -0.444 e. The second-order valence-electron chi connectivity index (χ2n) is 6.62. The van der Waals surface area contributed by atoms with Gasteiger partial charge in [-0.05, 0) is 58.1 Å². The smallest absolute Gasteiger partial charge is 0.407 e. The maximum absolute atomic E-state index is 11.7. The zero-order valence-electron chi connectivity index (χ0n) is 13.2. The number of amides is 1. The second-order valence-corrected chi connectivity index (χ2v) is 7.79. The molecular formula is C16H26N2O2S. The van der Waals surface area contributed by atoms with E-state index in [0.717, 1.165) is 0 Å². The largest absolute Gasteiger partial charge is 0.444 e. The number of nitrogens with two attached hydrogens (primary N) is 1. The predicted molar refractivity (Wildman–Crippen MR) is 87.0 cm³/mol. The van der Waals surface area contributed by atoms with Crippen molar-refractivity contribution in [2.24, 2.45) is 5.73 Å². The van der Waals surface area contributed by atoms with Crippen molar-refractivity contribution in [2.75, 3.05) is 13.1 Å². The Morgan fingerprint density at radius 3 is 2.76 bits per heavy atom. The fraction of sp³-hybridized carbons (Fsp3) is 0.688. The molecule has 1 aliphatic rings. The number of alkyl carbamates (subject to hydrolysis) is 1. The van der Waals surface area contributed by atoms with Crippen LogP contribution in [0, 0.1) is 0 Å². The van der Waals surface area contributed by atoms with Crippen LogP contribution in [0.2, 0.25) is 0 Å². The van der Waals surface area contributed by atoms with Crippen LogP contribution in [0.5, 0.6) is 0 Å². The predicted octanol–water partition coefficient (Wildman–Crippen LogP) is 3.19. The number of fused-ring (bicyclic) bond motifs is 1.